The summed E-state index contributed by atoms with van der Waals surface area (Å²) >= 11 is 0. The Kier molecular flexibility index (Phi) is 8.48. The molecule has 168 valence electrons. The molecule has 0 fully saturated rings. The summed E-state index contributed by atoms with van der Waals surface area (Å²) in [6.07, 6.45) is 0. The molecular weight excluding hydrogens is 424 g/mol. The van der Waals surface area contributed by atoms with Gasteiger partial charge in [-0.2, -0.15) is 0 Å². The van der Waals surface area contributed by atoms with Gasteiger partial charge in [-0.3, -0.25) is 20.2 Å². The van der Waals surface area contributed by atoms with Crippen LogP contribution in [0.3, 0.4) is 0 Å². The number of benzene rings is 2. The topological polar surface area (TPSA) is 123 Å². The van der Waals surface area contributed by atoms with Gasteiger partial charge in [-0.1, -0.05) is 0 Å². The van der Waals surface area contributed by atoms with Gasteiger partial charge in [-0.25, -0.2) is 0 Å². The van der Waals surface area contributed by atoms with E-state index in [1.807, 2.05) is 0 Å². The van der Waals surface area contributed by atoms with Gasteiger partial charge in [-0.15, -0.1) is 0 Å². The van der Waals surface area contributed by atoms with Crippen LogP contribution in [0.5, 0.6) is 11.5 Å². The van der Waals surface area contributed by atoms with Gasteiger partial charge in [0.2, 0.25) is 0 Å². The van der Waals surface area contributed by atoms with Crippen molar-refractivity contribution < 1.29 is 28.2 Å². The van der Waals surface area contributed by atoms with Gasteiger partial charge in [0.25, 0.3) is 11.4 Å². The highest BCUT2D eigenvalue weighted by Gasteiger charge is 2.28. The molecule has 10 nitrogen and oxygen atoms in total. The number of rotatable bonds is 12. The van der Waals surface area contributed by atoms with E-state index in [9.17, 15) is 20.2 Å². The minimum absolute atomic E-state index is 0.0205. The number of ether oxygens (including phenoxy) is 2. The lowest BCUT2D eigenvalue weighted by Gasteiger charge is -2.23. The van der Waals surface area contributed by atoms with E-state index >= 15 is 0 Å². The zero-order chi connectivity index (χ0) is 23.0. The Labute approximate surface area is 181 Å². The molecule has 31 heavy (non-hydrogen) atoms. The Morgan fingerprint density at radius 3 is 1.48 bits per heavy atom. The smallest absolute Gasteiger partial charge is 0.332 e. The van der Waals surface area contributed by atoms with E-state index in [1.165, 1.54) is 12.1 Å². The second-order valence-corrected chi connectivity index (χ2v) is 10.3. The first-order chi connectivity index (χ1) is 14.7. The minimum atomic E-state index is -2.75. The fraction of sp³-hybridized carbons (Fsp3) is 0.400. The van der Waals surface area contributed by atoms with Crippen molar-refractivity contribution >= 4 is 19.9 Å². The second kappa shape index (κ2) is 10.8. The molecule has 0 aliphatic rings. The standard InChI is InChI=1S/C20H26N2O8Si/c1-5-27-17-9-7-15(19(11-17)21(23)24)13-29-31(3,4)30-14-16-8-10-18(28-6-2)12-20(16)22(25)26/h7-12H,5-6,13-14H2,1-4H3. The summed E-state index contributed by atoms with van der Waals surface area (Å²) in [5.74, 6) is 0.821. The molecule has 0 atom stereocenters. The maximum absolute atomic E-state index is 11.4. The zero-order valence-corrected chi connectivity index (χ0v) is 19.0. The van der Waals surface area contributed by atoms with E-state index in [2.05, 4.69) is 0 Å². The molecule has 0 amide bonds. The summed E-state index contributed by atoms with van der Waals surface area (Å²) in [6.45, 7) is 7.89. The van der Waals surface area contributed by atoms with Gasteiger partial charge in [0, 0.05) is 0 Å². The predicted molar refractivity (Wildman–Crippen MR) is 116 cm³/mol. The highest BCUT2D eigenvalue weighted by molar-refractivity contribution is 6.64. The highest BCUT2D eigenvalue weighted by Crippen LogP contribution is 2.28. The monoisotopic (exact) mass is 450 g/mol. The van der Waals surface area contributed by atoms with Crippen molar-refractivity contribution in [3.8, 4) is 11.5 Å². The van der Waals surface area contributed by atoms with Gasteiger partial charge in [-0.05, 0) is 51.2 Å². The number of nitro groups is 2. The lowest BCUT2D eigenvalue weighted by atomic mass is 10.2. The summed E-state index contributed by atoms with van der Waals surface area (Å²) < 4.78 is 22.4. The van der Waals surface area contributed by atoms with Gasteiger partial charge in [0.1, 0.15) is 11.5 Å². The predicted octanol–water partition coefficient (Wildman–Crippen LogP) is 4.74. The molecule has 0 aliphatic heterocycles. The average Bonchev–Trinajstić information content (AvgIpc) is 2.72. The summed E-state index contributed by atoms with van der Waals surface area (Å²) in [4.78, 5) is 21.8. The molecule has 0 aliphatic carbocycles. The summed E-state index contributed by atoms with van der Waals surface area (Å²) in [7, 11) is -2.75. The number of hydrogen-bond donors (Lipinski definition) is 0. The average molecular weight is 451 g/mol. The second-order valence-electron chi connectivity index (χ2n) is 6.94. The molecule has 0 saturated carbocycles. The van der Waals surface area contributed by atoms with Crippen molar-refractivity contribution in [3.63, 3.8) is 0 Å². The van der Waals surface area contributed by atoms with E-state index in [4.69, 9.17) is 18.3 Å². The van der Waals surface area contributed by atoms with Crippen LogP contribution >= 0.6 is 0 Å². The third-order valence-electron chi connectivity index (χ3n) is 4.28. The van der Waals surface area contributed by atoms with Crippen molar-refractivity contribution in [1.82, 2.24) is 0 Å². The molecule has 0 radical (unpaired) electrons. The molecule has 0 unspecified atom stereocenters. The fourth-order valence-electron chi connectivity index (χ4n) is 2.73. The molecule has 0 aromatic heterocycles. The van der Waals surface area contributed by atoms with E-state index in [0.29, 0.717) is 35.8 Å². The third-order valence-corrected chi connectivity index (χ3v) is 5.96. The molecule has 2 rings (SSSR count). The first-order valence-electron chi connectivity index (χ1n) is 9.75. The molecule has 0 heterocycles. The number of nitro benzene ring substituents is 2. The zero-order valence-electron chi connectivity index (χ0n) is 18.0. The summed E-state index contributed by atoms with van der Waals surface area (Å²) in [6, 6.07) is 9.19. The molecule has 2 aromatic rings. The van der Waals surface area contributed by atoms with Crippen molar-refractivity contribution in [2.24, 2.45) is 0 Å². The van der Waals surface area contributed by atoms with Crippen molar-refractivity contribution in [1.29, 1.82) is 0 Å². The van der Waals surface area contributed by atoms with Gasteiger partial charge < -0.3 is 18.3 Å². The van der Waals surface area contributed by atoms with Crippen LogP contribution in [-0.2, 0) is 22.1 Å². The van der Waals surface area contributed by atoms with Crippen LogP contribution in [0.4, 0.5) is 11.4 Å². The molecule has 0 N–H and O–H groups in total. The van der Waals surface area contributed by atoms with Crippen molar-refractivity contribution in [3.05, 3.63) is 67.8 Å². The molecule has 2 aromatic carbocycles. The van der Waals surface area contributed by atoms with Crippen LogP contribution in [-0.4, -0.2) is 31.6 Å². The molecule has 0 bridgehead atoms. The lowest BCUT2D eigenvalue weighted by molar-refractivity contribution is -0.386. The molecule has 0 saturated heterocycles. The Hall–Kier alpha value is -3.02. The lowest BCUT2D eigenvalue weighted by Crippen LogP contribution is -2.34. The fourth-order valence-corrected chi connectivity index (χ4v) is 3.82. The van der Waals surface area contributed by atoms with E-state index in [0.717, 1.165) is 0 Å². The van der Waals surface area contributed by atoms with Gasteiger partial charge >= 0.3 is 8.56 Å². The Balaban J connectivity index is 2.08. The van der Waals surface area contributed by atoms with Crippen LogP contribution in [0.1, 0.15) is 25.0 Å². The maximum Gasteiger partial charge on any atom is 0.332 e. The highest BCUT2D eigenvalue weighted by atomic mass is 28.4. The van der Waals surface area contributed by atoms with Crippen LogP contribution < -0.4 is 9.47 Å². The van der Waals surface area contributed by atoms with E-state index < -0.39 is 18.4 Å². The minimum Gasteiger partial charge on any atom is -0.494 e. The largest absolute Gasteiger partial charge is 0.494 e. The van der Waals surface area contributed by atoms with E-state index in [1.54, 1.807) is 51.2 Å². The van der Waals surface area contributed by atoms with Crippen LogP contribution in [0, 0.1) is 20.2 Å². The Bertz CT molecular complexity index is 862. The summed E-state index contributed by atoms with van der Waals surface area (Å²) in [5.41, 5.74) is 0.588. The number of hydrogen-bond acceptors (Lipinski definition) is 8. The molecule has 11 heteroatoms. The van der Waals surface area contributed by atoms with Crippen molar-refractivity contribution in [2.75, 3.05) is 13.2 Å². The number of nitrogens with zero attached hydrogens (tertiary/aromatic N) is 2. The Morgan fingerprint density at radius 2 is 1.16 bits per heavy atom. The first-order valence-corrected chi connectivity index (χ1v) is 12.6. The Morgan fingerprint density at radius 1 is 0.774 bits per heavy atom. The third kappa shape index (κ3) is 7.02. The quantitative estimate of drug-likeness (QED) is 0.258. The van der Waals surface area contributed by atoms with Crippen LogP contribution in [0.15, 0.2) is 36.4 Å². The van der Waals surface area contributed by atoms with Crippen LogP contribution in [0.2, 0.25) is 13.1 Å². The van der Waals surface area contributed by atoms with Crippen molar-refractivity contribution in [2.45, 2.75) is 40.2 Å². The normalized spacial score (nSPS) is 11.2. The first kappa shape index (κ1) is 24.2. The van der Waals surface area contributed by atoms with Crippen LogP contribution in [0.25, 0.3) is 0 Å². The SMILES string of the molecule is CCOc1ccc(CO[Si](C)(C)OCc2ccc(OCC)cc2[N+](=O)[O-])c([N+](=O)[O-])c1. The summed E-state index contributed by atoms with van der Waals surface area (Å²) in [5, 5.41) is 22.8. The van der Waals surface area contributed by atoms with E-state index in [-0.39, 0.29) is 24.6 Å². The van der Waals surface area contributed by atoms with Gasteiger partial charge in [0.15, 0.2) is 0 Å². The molecule has 0 spiro atoms. The molecular formula is C20H26N2O8Si. The van der Waals surface area contributed by atoms with Gasteiger partial charge in [0.05, 0.1) is 59.5 Å². The maximum atomic E-state index is 11.4.